The molecule has 2 unspecified atom stereocenters. The average Bonchev–Trinajstić information content (AvgIpc) is 2.40. The highest BCUT2D eigenvalue weighted by Crippen LogP contribution is 2.23. The van der Waals surface area contributed by atoms with Crippen molar-refractivity contribution in [2.24, 2.45) is 0 Å². The summed E-state index contributed by atoms with van der Waals surface area (Å²) in [6, 6.07) is 8.08. The fourth-order valence-corrected chi connectivity index (χ4v) is 2.01. The lowest BCUT2D eigenvalue weighted by Gasteiger charge is -2.29. The first-order chi connectivity index (χ1) is 8.79. The zero-order chi connectivity index (χ0) is 12.8. The zero-order valence-electron chi connectivity index (χ0n) is 11.0. The monoisotopic (exact) mass is 251 g/mol. The zero-order valence-corrected chi connectivity index (χ0v) is 11.0. The van der Waals surface area contributed by atoms with Gasteiger partial charge in [-0.15, -0.1) is 0 Å². The van der Waals surface area contributed by atoms with Crippen molar-refractivity contribution < 1.29 is 14.2 Å². The van der Waals surface area contributed by atoms with E-state index >= 15 is 0 Å². The van der Waals surface area contributed by atoms with Crippen LogP contribution in [0.4, 0.5) is 0 Å². The molecular weight excluding hydrogens is 230 g/mol. The summed E-state index contributed by atoms with van der Waals surface area (Å²) < 4.78 is 16.4. The summed E-state index contributed by atoms with van der Waals surface area (Å²) in [5, 5.41) is 3.37. The number of ether oxygens (including phenoxy) is 3. The van der Waals surface area contributed by atoms with E-state index in [1.54, 1.807) is 7.11 Å². The van der Waals surface area contributed by atoms with Gasteiger partial charge in [-0.05, 0) is 24.6 Å². The van der Waals surface area contributed by atoms with Gasteiger partial charge in [-0.2, -0.15) is 0 Å². The van der Waals surface area contributed by atoms with Gasteiger partial charge in [0.25, 0.3) is 0 Å². The highest BCUT2D eigenvalue weighted by atomic mass is 16.5. The van der Waals surface area contributed by atoms with Crippen molar-refractivity contribution in [1.82, 2.24) is 5.32 Å². The number of hydrogen-bond donors (Lipinski definition) is 1. The van der Waals surface area contributed by atoms with Gasteiger partial charge in [0.05, 0.1) is 18.8 Å². The molecule has 0 bridgehead atoms. The Morgan fingerprint density at radius 2 is 2.00 bits per heavy atom. The quantitative estimate of drug-likeness (QED) is 0.810. The van der Waals surface area contributed by atoms with Crippen LogP contribution in [0.15, 0.2) is 24.3 Å². The highest BCUT2D eigenvalue weighted by Gasteiger charge is 2.20. The van der Waals surface area contributed by atoms with E-state index in [0.717, 1.165) is 18.8 Å². The molecule has 2 rings (SSSR count). The van der Waals surface area contributed by atoms with Crippen molar-refractivity contribution in [2.75, 3.05) is 33.4 Å². The molecule has 4 heteroatoms. The third-order valence-electron chi connectivity index (χ3n) is 2.97. The molecule has 1 aromatic rings. The van der Waals surface area contributed by atoms with Gasteiger partial charge in [0.2, 0.25) is 0 Å². The molecular formula is C14H21NO3. The predicted molar refractivity (Wildman–Crippen MR) is 70.0 cm³/mol. The minimum atomic E-state index is 0.141. The molecule has 4 nitrogen and oxygen atoms in total. The van der Waals surface area contributed by atoms with Gasteiger partial charge in [-0.3, -0.25) is 0 Å². The summed E-state index contributed by atoms with van der Waals surface area (Å²) in [5.41, 5.74) is 1.19. The first kappa shape index (κ1) is 13.3. The second-order valence-electron chi connectivity index (χ2n) is 4.50. The molecule has 0 amide bonds. The molecule has 1 saturated heterocycles. The SMILES string of the molecule is COCCOc1ccc(C2CNCC(C)O2)cc1. The Morgan fingerprint density at radius 3 is 2.67 bits per heavy atom. The molecule has 0 aromatic heterocycles. The van der Waals surface area contributed by atoms with Crippen LogP contribution in [-0.4, -0.2) is 39.5 Å². The van der Waals surface area contributed by atoms with Gasteiger partial charge < -0.3 is 19.5 Å². The number of rotatable bonds is 5. The summed E-state index contributed by atoms with van der Waals surface area (Å²) in [6.07, 6.45) is 0.406. The molecule has 1 N–H and O–H groups in total. The molecule has 2 atom stereocenters. The molecule has 1 heterocycles. The van der Waals surface area contributed by atoms with Crippen LogP contribution in [0.2, 0.25) is 0 Å². The van der Waals surface area contributed by atoms with E-state index in [1.165, 1.54) is 5.56 Å². The van der Waals surface area contributed by atoms with Crippen molar-refractivity contribution >= 4 is 0 Å². The van der Waals surface area contributed by atoms with E-state index in [1.807, 2.05) is 12.1 Å². The van der Waals surface area contributed by atoms with Gasteiger partial charge >= 0.3 is 0 Å². The van der Waals surface area contributed by atoms with Crippen LogP contribution in [0.1, 0.15) is 18.6 Å². The Hall–Kier alpha value is -1.10. The van der Waals surface area contributed by atoms with Crippen LogP contribution in [0.25, 0.3) is 0 Å². The third kappa shape index (κ3) is 3.70. The largest absolute Gasteiger partial charge is 0.491 e. The summed E-state index contributed by atoms with van der Waals surface area (Å²) in [6.45, 7) is 5.06. The van der Waals surface area contributed by atoms with Crippen LogP contribution >= 0.6 is 0 Å². The van der Waals surface area contributed by atoms with E-state index < -0.39 is 0 Å². The molecule has 18 heavy (non-hydrogen) atoms. The maximum Gasteiger partial charge on any atom is 0.119 e. The maximum absolute atomic E-state index is 5.89. The maximum atomic E-state index is 5.89. The Kier molecular flexibility index (Phi) is 4.99. The van der Waals surface area contributed by atoms with Crippen molar-refractivity contribution in [3.8, 4) is 5.75 Å². The van der Waals surface area contributed by atoms with Gasteiger partial charge in [0, 0.05) is 20.2 Å². The van der Waals surface area contributed by atoms with Crippen LogP contribution in [0, 0.1) is 0 Å². The second-order valence-corrected chi connectivity index (χ2v) is 4.50. The summed E-state index contributed by atoms with van der Waals surface area (Å²) in [7, 11) is 1.67. The Bertz CT molecular complexity index is 353. The summed E-state index contributed by atoms with van der Waals surface area (Å²) in [5.74, 6) is 0.868. The topological polar surface area (TPSA) is 39.7 Å². The fourth-order valence-electron chi connectivity index (χ4n) is 2.01. The van der Waals surface area contributed by atoms with Crippen molar-refractivity contribution in [3.63, 3.8) is 0 Å². The Labute approximate surface area is 108 Å². The molecule has 0 aliphatic carbocycles. The van der Waals surface area contributed by atoms with E-state index in [-0.39, 0.29) is 12.2 Å². The molecule has 0 radical (unpaired) electrons. The number of methoxy groups -OCH3 is 1. The highest BCUT2D eigenvalue weighted by molar-refractivity contribution is 5.29. The van der Waals surface area contributed by atoms with Gasteiger partial charge in [0.15, 0.2) is 0 Å². The Balaban J connectivity index is 1.90. The standard InChI is InChI=1S/C14H21NO3/c1-11-9-15-10-14(18-11)12-3-5-13(6-4-12)17-8-7-16-2/h3-6,11,14-15H,7-10H2,1-2H3. The number of hydrogen-bond acceptors (Lipinski definition) is 4. The van der Waals surface area contributed by atoms with Gasteiger partial charge in [-0.25, -0.2) is 0 Å². The molecule has 1 aliphatic heterocycles. The van der Waals surface area contributed by atoms with Crippen LogP contribution in [-0.2, 0) is 9.47 Å². The lowest BCUT2D eigenvalue weighted by atomic mass is 10.1. The van der Waals surface area contributed by atoms with Gasteiger partial charge in [0.1, 0.15) is 12.4 Å². The summed E-state index contributed by atoms with van der Waals surface area (Å²) in [4.78, 5) is 0. The predicted octanol–water partition coefficient (Wildman–Crippen LogP) is 1.76. The van der Waals surface area contributed by atoms with Crippen molar-refractivity contribution in [2.45, 2.75) is 19.1 Å². The number of morpholine rings is 1. The van der Waals surface area contributed by atoms with Crippen molar-refractivity contribution in [3.05, 3.63) is 29.8 Å². The van der Waals surface area contributed by atoms with Crippen molar-refractivity contribution in [1.29, 1.82) is 0 Å². The number of benzene rings is 1. The molecule has 0 saturated carbocycles. The first-order valence-electron chi connectivity index (χ1n) is 6.37. The third-order valence-corrected chi connectivity index (χ3v) is 2.97. The number of nitrogens with one attached hydrogen (secondary N) is 1. The lowest BCUT2D eigenvalue weighted by molar-refractivity contribution is -0.0287. The normalized spacial score (nSPS) is 23.9. The Morgan fingerprint density at radius 1 is 1.22 bits per heavy atom. The molecule has 0 spiro atoms. The van der Waals surface area contributed by atoms with Crippen LogP contribution in [0.5, 0.6) is 5.75 Å². The minimum Gasteiger partial charge on any atom is -0.491 e. The average molecular weight is 251 g/mol. The lowest BCUT2D eigenvalue weighted by Crippen LogP contribution is -2.38. The smallest absolute Gasteiger partial charge is 0.119 e. The molecule has 100 valence electrons. The minimum absolute atomic E-state index is 0.141. The van der Waals surface area contributed by atoms with E-state index in [4.69, 9.17) is 14.2 Å². The fraction of sp³-hybridized carbons (Fsp3) is 0.571. The molecule has 1 aromatic carbocycles. The summed E-state index contributed by atoms with van der Waals surface area (Å²) >= 11 is 0. The molecule has 1 fully saturated rings. The first-order valence-corrected chi connectivity index (χ1v) is 6.37. The van der Waals surface area contributed by atoms with E-state index in [9.17, 15) is 0 Å². The van der Waals surface area contributed by atoms with Crippen LogP contribution < -0.4 is 10.1 Å². The van der Waals surface area contributed by atoms with Crippen LogP contribution in [0.3, 0.4) is 0 Å². The second kappa shape index (κ2) is 6.73. The van der Waals surface area contributed by atoms with Gasteiger partial charge in [-0.1, -0.05) is 12.1 Å². The van der Waals surface area contributed by atoms with E-state index in [0.29, 0.717) is 13.2 Å². The molecule has 1 aliphatic rings. The van der Waals surface area contributed by atoms with E-state index in [2.05, 4.69) is 24.4 Å².